The number of thiol groups is 2. The van der Waals surface area contributed by atoms with E-state index in [1.165, 1.54) is 0 Å². The van der Waals surface area contributed by atoms with Gasteiger partial charge in [0, 0.05) is 6.42 Å². The van der Waals surface area contributed by atoms with Gasteiger partial charge in [-0.25, -0.2) is 4.79 Å². The van der Waals surface area contributed by atoms with Gasteiger partial charge in [0.25, 0.3) is 0 Å². The second-order valence-corrected chi connectivity index (χ2v) is 8.61. The monoisotopic (exact) mass is 494 g/mol. The fraction of sp³-hybridized carbons (Fsp3) is 0.737. The number of carbonyl (C=O) groups excluding carboxylic acids is 3. The van der Waals surface area contributed by atoms with Crippen LogP contribution in [0, 0.1) is 5.92 Å². The van der Waals surface area contributed by atoms with Crippen molar-refractivity contribution in [2.75, 3.05) is 11.5 Å². The zero-order chi connectivity index (χ0) is 24.8. The molecule has 0 heterocycles. The fourth-order valence-corrected chi connectivity index (χ4v) is 3.26. The van der Waals surface area contributed by atoms with Crippen LogP contribution in [0.5, 0.6) is 0 Å². The molecule has 11 nitrogen and oxygen atoms in total. The molecular weight excluding hydrogens is 460 g/mol. The van der Waals surface area contributed by atoms with Gasteiger partial charge in [0.05, 0.1) is 6.04 Å². The van der Waals surface area contributed by atoms with Crippen LogP contribution in [0.15, 0.2) is 0 Å². The molecule has 0 spiro atoms. The Morgan fingerprint density at radius 1 is 0.781 bits per heavy atom. The summed E-state index contributed by atoms with van der Waals surface area (Å²) < 4.78 is 0. The summed E-state index contributed by atoms with van der Waals surface area (Å²) in [5.74, 6) is -3.96. The predicted molar refractivity (Wildman–Crippen MR) is 125 cm³/mol. The van der Waals surface area contributed by atoms with Crippen molar-refractivity contribution < 1.29 is 34.2 Å². The van der Waals surface area contributed by atoms with E-state index in [1.54, 1.807) is 0 Å². The number of carboxylic acid groups (broad SMARTS) is 2. The minimum atomic E-state index is -1.24. The van der Waals surface area contributed by atoms with E-state index in [2.05, 4.69) is 41.2 Å². The summed E-state index contributed by atoms with van der Waals surface area (Å²) in [5.41, 5.74) is 5.72. The molecule has 0 fully saturated rings. The van der Waals surface area contributed by atoms with Gasteiger partial charge in [0.2, 0.25) is 17.7 Å². The highest BCUT2D eigenvalue weighted by Crippen LogP contribution is 2.08. The Bertz CT molecular complexity index is 664. The largest absolute Gasteiger partial charge is 0.481 e. The minimum Gasteiger partial charge on any atom is -0.481 e. The summed E-state index contributed by atoms with van der Waals surface area (Å²) in [6.45, 7) is 3.63. The van der Waals surface area contributed by atoms with Crippen molar-refractivity contribution in [2.24, 2.45) is 11.7 Å². The molecule has 0 rings (SSSR count). The van der Waals surface area contributed by atoms with E-state index in [4.69, 9.17) is 10.8 Å². The SMILES string of the molecule is CC(C)C[C@H](NC(=O)[C@H](CCC(=O)O)NC(=O)[C@@H](N)CCS)C(=O)N[C@@H](CCS)C(=O)O. The number of rotatable bonds is 16. The third-order valence-electron chi connectivity index (χ3n) is 4.43. The Hall–Kier alpha value is -1.99. The van der Waals surface area contributed by atoms with Crippen LogP contribution in [0.2, 0.25) is 0 Å². The van der Waals surface area contributed by atoms with Gasteiger partial charge in [0.15, 0.2) is 0 Å². The maximum atomic E-state index is 12.8. The van der Waals surface area contributed by atoms with Crippen molar-refractivity contribution in [3.63, 3.8) is 0 Å². The van der Waals surface area contributed by atoms with E-state index in [1.807, 2.05) is 13.8 Å². The molecular formula is C19H34N4O7S2. The lowest BCUT2D eigenvalue weighted by Gasteiger charge is -2.26. The highest BCUT2D eigenvalue weighted by Gasteiger charge is 2.30. The van der Waals surface area contributed by atoms with Crippen LogP contribution in [-0.2, 0) is 24.0 Å². The van der Waals surface area contributed by atoms with Gasteiger partial charge in [-0.3, -0.25) is 19.2 Å². The maximum absolute atomic E-state index is 12.8. The molecule has 0 unspecified atom stereocenters. The molecule has 0 aromatic carbocycles. The van der Waals surface area contributed by atoms with Crippen molar-refractivity contribution in [3.05, 3.63) is 0 Å². The third kappa shape index (κ3) is 12.2. The minimum absolute atomic E-state index is 0.0323. The molecule has 7 N–H and O–H groups in total. The highest BCUT2D eigenvalue weighted by atomic mass is 32.1. The maximum Gasteiger partial charge on any atom is 0.326 e. The Labute approximate surface area is 198 Å². The van der Waals surface area contributed by atoms with Gasteiger partial charge in [-0.2, -0.15) is 25.3 Å². The molecule has 0 saturated carbocycles. The summed E-state index contributed by atoms with van der Waals surface area (Å²) >= 11 is 7.98. The zero-order valence-corrected chi connectivity index (χ0v) is 20.0. The fourth-order valence-electron chi connectivity index (χ4n) is 2.72. The molecule has 0 bridgehead atoms. The van der Waals surface area contributed by atoms with Crippen LogP contribution in [0.4, 0.5) is 0 Å². The number of carbonyl (C=O) groups is 5. The first-order chi connectivity index (χ1) is 14.9. The lowest BCUT2D eigenvalue weighted by Crippen LogP contribution is -2.57. The second-order valence-electron chi connectivity index (χ2n) is 7.71. The Morgan fingerprint density at radius 3 is 1.75 bits per heavy atom. The number of amides is 3. The van der Waals surface area contributed by atoms with Crippen LogP contribution < -0.4 is 21.7 Å². The standard InChI is InChI=1S/C19H34N4O7S2/c1-10(2)9-14(18(28)22-13(6-8-32)19(29)30)23-17(27)12(3-4-15(24)25)21-16(26)11(20)5-7-31/h10-14,31-32H,3-9,20H2,1-2H3,(H,21,26)(H,22,28)(H,23,27)(H,24,25)(H,29,30)/t11-,12-,13-,14-/m0/s1. The molecule has 184 valence electrons. The lowest BCUT2D eigenvalue weighted by molar-refractivity contribution is -0.142. The molecule has 0 aromatic rings. The van der Waals surface area contributed by atoms with Gasteiger partial charge in [0.1, 0.15) is 18.1 Å². The second kappa shape index (κ2) is 15.8. The first kappa shape index (κ1) is 30.0. The smallest absolute Gasteiger partial charge is 0.326 e. The number of carboxylic acids is 2. The van der Waals surface area contributed by atoms with E-state index in [-0.39, 0.29) is 37.4 Å². The number of hydrogen-bond acceptors (Lipinski definition) is 8. The molecule has 32 heavy (non-hydrogen) atoms. The zero-order valence-electron chi connectivity index (χ0n) is 18.2. The van der Waals surface area contributed by atoms with Crippen LogP contribution in [0.3, 0.4) is 0 Å². The van der Waals surface area contributed by atoms with E-state index < -0.39 is 60.2 Å². The van der Waals surface area contributed by atoms with E-state index >= 15 is 0 Å². The number of aliphatic carboxylic acids is 2. The van der Waals surface area contributed by atoms with Crippen LogP contribution >= 0.6 is 25.3 Å². The highest BCUT2D eigenvalue weighted by molar-refractivity contribution is 7.80. The van der Waals surface area contributed by atoms with Gasteiger partial charge >= 0.3 is 11.9 Å². The summed E-state index contributed by atoms with van der Waals surface area (Å²) in [6.07, 6.45) is -0.0725. The average molecular weight is 495 g/mol. The Balaban J connectivity index is 5.47. The molecule has 0 aromatic heterocycles. The van der Waals surface area contributed by atoms with Crippen molar-refractivity contribution in [2.45, 2.75) is 70.1 Å². The van der Waals surface area contributed by atoms with Gasteiger partial charge in [-0.15, -0.1) is 0 Å². The van der Waals surface area contributed by atoms with Crippen LogP contribution in [-0.4, -0.2) is 75.5 Å². The Morgan fingerprint density at radius 2 is 1.28 bits per heavy atom. The van der Waals surface area contributed by atoms with Crippen LogP contribution in [0.1, 0.15) is 46.0 Å². The number of nitrogens with two attached hydrogens (primary N) is 1. The summed E-state index contributed by atoms with van der Waals surface area (Å²) in [4.78, 5) is 60.0. The van der Waals surface area contributed by atoms with Crippen LogP contribution in [0.25, 0.3) is 0 Å². The summed E-state index contributed by atoms with van der Waals surface area (Å²) in [5, 5.41) is 25.5. The number of hydrogen-bond donors (Lipinski definition) is 8. The molecule has 4 atom stereocenters. The first-order valence-electron chi connectivity index (χ1n) is 10.3. The van der Waals surface area contributed by atoms with E-state index in [9.17, 15) is 29.1 Å². The molecule has 3 amide bonds. The van der Waals surface area contributed by atoms with E-state index in [0.29, 0.717) is 5.75 Å². The third-order valence-corrected chi connectivity index (χ3v) is 4.95. The molecule has 0 aliphatic rings. The number of nitrogens with one attached hydrogen (secondary N) is 3. The van der Waals surface area contributed by atoms with E-state index in [0.717, 1.165) is 0 Å². The van der Waals surface area contributed by atoms with Crippen molar-refractivity contribution in [3.8, 4) is 0 Å². The molecule has 0 saturated heterocycles. The molecule has 0 aliphatic heterocycles. The topological polar surface area (TPSA) is 188 Å². The first-order valence-corrected chi connectivity index (χ1v) is 11.5. The summed E-state index contributed by atoms with van der Waals surface area (Å²) in [7, 11) is 0. The normalized spacial score (nSPS) is 14.7. The van der Waals surface area contributed by atoms with Gasteiger partial charge < -0.3 is 31.9 Å². The average Bonchev–Trinajstić information content (AvgIpc) is 2.69. The molecule has 13 heteroatoms. The Kier molecular flexibility index (Phi) is 14.8. The predicted octanol–water partition coefficient (Wildman–Crippen LogP) is -0.597. The quantitative estimate of drug-likeness (QED) is 0.131. The van der Waals surface area contributed by atoms with Crippen molar-refractivity contribution in [1.82, 2.24) is 16.0 Å². The van der Waals surface area contributed by atoms with Crippen molar-refractivity contribution >= 4 is 54.9 Å². The van der Waals surface area contributed by atoms with Gasteiger partial charge in [-0.05, 0) is 43.1 Å². The molecule has 0 aliphatic carbocycles. The van der Waals surface area contributed by atoms with Crippen molar-refractivity contribution in [1.29, 1.82) is 0 Å². The lowest BCUT2D eigenvalue weighted by atomic mass is 10.0. The molecule has 0 radical (unpaired) electrons. The summed E-state index contributed by atoms with van der Waals surface area (Å²) in [6, 6.07) is -4.42. The van der Waals surface area contributed by atoms with Gasteiger partial charge in [-0.1, -0.05) is 13.8 Å².